The molecule has 0 aliphatic carbocycles. The van der Waals surface area contributed by atoms with Gasteiger partial charge >= 0.3 is 0 Å². The molecule has 0 aliphatic heterocycles. The van der Waals surface area contributed by atoms with Crippen molar-refractivity contribution >= 4 is 24.0 Å². The Kier molecular flexibility index (Phi) is 14.9. The molecule has 27 heavy (non-hydrogen) atoms. The van der Waals surface area contributed by atoms with Crippen LogP contribution in [0.5, 0.6) is 0 Å². The Bertz CT molecular complexity index is 461. The molecule has 156 valence electrons. The van der Waals surface area contributed by atoms with Crippen LogP contribution < -0.4 is 32.7 Å². The van der Waals surface area contributed by atoms with Crippen molar-refractivity contribution < 1.29 is 19.2 Å². The second kappa shape index (κ2) is 16.2. The van der Waals surface area contributed by atoms with E-state index >= 15 is 0 Å². The van der Waals surface area contributed by atoms with Gasteiger partial charge in [0.15, 0.2) is 0 Å². The molecule has 0 heterocycles. The summed E-state index contributed by atoms with van der Waals surface area (Å²) in [5.41, 5.74) is 10.7. The monoisotopic (exact) mass is 386 g/mol. The Hall–Kier alpha value is -2.04. The number of hydrogen-bond donors (Lipinski definition) is 6. The molecule has 0 spiro atoms. The first-order valence-corrected chi connectivity index (χ1v) is 9.37. The molecule has 0 saturated heterocycles. The molecule has 3 amide bonds. The predicted octanol–water partition coefficient (Wildman–Crippen LogP) is -2.25. The molecule has 0 radical (unpaired) electrons. The normalized spacial score (nSPS) is 12.7. The molecular formula is C17H34N6O4. The molecule has 0 bridgehead atoms. The van der Waals surface area contributed by atoms with Crippen LogP contribution >= 0.6 is 0 Å². The molecule has 0 unspecified atom stereocenters. The Morgan fingerprint density at radius 2 is 1.63 bits per heavy atom. The maximum Gasteiger partial charge on any atom is 0.243 e. The number of unbranched alkanes of at least 4 members (excludes halogenated alkanes) is 2. The summed E-state index contributed by atoms with van der Waals surface area (Å²) < 4.78 is 0. The van der Waals surface area contributed by atoms with Crippen LogP contribution in [0.15, 0.2) is 0 Å². The number of carbonyl (C=O) groups is 4. The van der Waals surface area contributed by atoms with E-state index < -0.39 is 29.8 Å². The summed E-state index contributed by atoms with van der Waals surface area (Å²) in [4.78, 5) is 45.9. The largest absolute Gasteiger partial charge is 0.345 e. The number of rotatable bonds is 16. The molecule has 2 atom stereocenters. The van der Waals surface area contributed by atoms with Gasteiger partial charge in [-0.05, 0) is 58.7 Å². The highest BCUT2D eigenvalue weighted by Gasteiger charge is 2.20. The van der Waals surface area contributed by atoms with Crippen LogP contribution in [0, 0.1) is 0 Å². The average Bonchev–Trinajstić information content (AvgIpc) is 2.66. The van der Waals surface area contributed by atoms with Gasteiger partial charge in [0, 0.05) is 0 Å². The third-order valence-electron chi connectivity index (χ3n) is 3.76. The zero-order valence-electron chi connectivity index (χ0n) is 16.1. The minimum atomic E-state index is -0.755. The van der Waals surface area contributed by atoms with Crippen molar-refractivity contribution in [3.05, 3.63) is 0 Å². The summed E-state index contributed by atoms with van der Waals surface area (Å²) in [6, 6.07) is -1.38. The molecule has 0 fully saturated rings. The SMILES string of the molecule is C[C@@H](C=O)NC(=O)CNC(=O)[C@H](CCCCNCCCCN)NC(=O)CN. The topological polar surface area (TPSA) is 168 Å². The van der Waals surface area contributed by atoms with Crippen molar-refractivity contribution in [2.24, 2.45) is 11.5 Å². The summed E-state index contributed by atoms with van der Waals surface area (Å²) in [7, 11) is 0. The van der Waals surface area contributed by atoms with Crippen molar-refractivity contribution in [1.82, 2.24) is 21.3 Å². The first-order valence-electron chi connectivity index (χ1n) is 9.37. The molecule has 10 heteroatoms. The maximum atomic E-state index is 12.2. The van der Waals surface area contributed by atoms with Gasteiger partial charge in [0.05, 0.1) is 19.1 Å². The lowest BCUT2D eigenvalue weighted by molar-refractivity contribution is -0.130. The Balaban J connectivity index is 4.25. The summed E-state index contributed by atoms with van der Waals surface area (Å²) in [6.45, 7) is 3.44. The average molecular weight is 386 g/mol. The fraction of sp³-hybridized carbons (Fsp3) is 0.765. The van der Waals surface area contributed by atoms with Crippen molar-refractivity contribution in [2.75, 3.05) is 32.7 Å². The quantitative estimate of drug-likeness (QED) is 0.129. The Morgan fingerprint density at radius 1 is 0.963 bits per heavy atom. The number of nitrogens with two attached hydrogens (primary N) is 2. The van der Waals surface area contributed by atoms with Crippen LogP contribution in [-0.2, 0) is 19.2 Å². The third-order valence-corrected chi connectivity index (χ3v) is 3.76. The van der Waals surface area contributed by atoms with E-state index in [0.29, 0.717) is 19.3 Å². The zero-order chi connectivity index (χ0) is 20.5. The van der Waals surface area contributed by atoms with Crippen LogP contribution in [0.1, 0.15) is 39.0 Å². The minimum Gasteiger partial charge on any atom is -0.345 e. The second-order valence-electron chi connectivity index (χ2n) is 6.28. The molecule has 0 rings (SSSR count). The lowest BCUT2D eigenvalue weighted by Crippen LogP contribution is -2.50. The summed E-state index contributed by atoms with van der Waals surface area (Å²) in [6.07, 6.45) is 4.62. The van der Waals surface area contributed by atoms with Crippen LogP contribution in [0.25, 0.3) is 0 Å². The maximum absolute atomic E-state index is 12.2. The predicted molar refractivity (Wildman–Crippen MR) is 103 cm³/mol. The van der Waals surface area contributed by atoms with E-state index in [0.717, 1.165) is 38.8 Å². The smallest absolute Gasteiger partial charge is 0.243 e. The van der Waals surface area contributed by atoms with Crippen molar-refractivity contribution in [3.8, 4) is 0 Å². The van der Waals surface area contributed by atoms with Gasteiger partial charge < -0.3 is 37.5 Å². The first kappa shape index (κ1) is 25.0. The molecule has 8 N–H and O–H groups in total. The molecule has 0 aromatic carbocycles. The van der Waals surface area contributed by atoms with Crippen LogP contribution in [0.4, 0.5) is 0 Å². The highest BCUT2D eigenvalue weighted by atomic mass is 16.2. The molecule has 0 saturated carbocycles. The van der Waals surface area contributed by atoms with Gasteiger partial charge in [0.1, 0.15) is 12.3 Å². The van der Waals surface area contributed by atoms with Crippen LogP contribution in [0.3, 0.4) is 0 Å². The van der Waals surface area contributed by atoms with Crippen molar-refractivity contribution in [3.63, 3.8) is 0 Å². The highest BCUT2D eigenvalue weighted by molar-refractivity contribution is 5.91. The molecular weight excluding hydrogens is 352 g/mol. The minimum absolute atomic E-state index is 0.218. The molecule has 10 nitrogen and oxygen atoms in total. The van der Waals surface area contributed by atoms with E-state index in [1.165, 1.54) is 6.92 Å². The van der Waals surface area contributed by atoms with Gasteiger partial charge in [0.2, 0.25) is 17.7 Å². The lowest BCUT2D eigenvalue weighted by Gasteiger charge is -2.18. The fourth-order valence-electron chi connectivity index (χ4n) is 2.27. The zero-order valence-corrected chi connectivity index (χ0v) is 16.1. The summed E-state index contributed by atoms with van der Waals surface area (Å²) >= 11 is 0. The Labute approximate surface area is 160 Å². The van der Waals surface area contributed by atoms with E-state index in [1.54, 1.807) is 0 Å². The van der Waals surface area contributed by atoms with E-state index in [-0.39, 0.29) is 13.1 Å². The highest BCUT2D eigenvalue weighted by Crippen LogP contribution is 2.01. The van der Waals surface area contributed by atoms with Gasteiger partial charge in [-0.25, -0.2) is 0 Å². The number of amides is 3. The first-order chi connectivity index (χ1) is 12.9. The van der Waals surface area contributed by atoms with E-state index in [2.05, 4.69) is 21.3 Å². The molecule has 0 aliphatic rings. The Morgan fingerprint density at radius 3 is 2.22 bits per heavy atom. The molecule has 0 aromatic heterocycles. The number of hydrogen-bond acceptors (Lipinski definition) is 7. The van der Waals surface area contributed by atoms with Gasteiger partial charge in [-0.15, -0.1) is 0 Å². The molecule has 0 aromatic rings. The van der Waals surface area contributed by atoms with E-state index in [1.807, 2.05) is 0 Å². The van der Waals surface area contributed by atoms with Gasteiger partial charge in [0.25, 0.3) is 0 Å². The van der Waals surface area contributed by atoms with Crippen LogP contribution in [0.2, 0.25) is 0 Å². The van der Waals surface area contributed by atoms with E-state index in [4.69, 9.17) is 11.5 Å². The standard InChI is InChI=1S/C17H34N6O4/c1-13(12-24)22-16(26)11-21-17(27)14(23-15(25)10-19)6-2-4-8-20-9-5-3-7-18/h12-14,20H,2-11,18-19H2,1H3,(H,21,27)(H,22,26)(H,23,25)/t13-,14-/m0/s1. The second-order valence-corrected chi connectivity index (χ2v) is 6.28. The van der Waals surface area contributed by atoms with Gasteiger partial charge in [-0.1, -0.05) is 0 Å². The third kappa shape index (κ3) is 13.8. The van der Waals surface area contributed by atoms with Gasteiger partial charge in [-0.2, -0.15) is 0 Å². The number of aldehydes is 1. The summed E-state index contributed by atoms with van der Waals surface area (Å²) in [5, 5.41) is 10.7. The van der Waals surface area contributed by atoms with Crippen molar-refractivity contribution in [1.29, 1.82) is 0 Å². The summed E-state index contributed by atoms with van der Waals surface area (Å²) in [5.74, 6) is -1.37. The number of carbonyl (C=O) groups excluding carboxylic acids is 4. The van der Waals surface area contributed by atoms with Gasteiger partial charge in [-0.3, -0.25) is 14.4 Å². The van der Waals surface area contributed by atoms with Crippen molar-refractivity contribution in [2.45, 2.75) is 51.1 Å². The lowest BCUT2D eigenvalue weighted by atomic mass is 10.1. The fourth-order valence-corrected chi connectivity index (χ4v) is 2.27. The van der Waals surface area contributed by atoms with E-state index in [9.17, 15) is 19.2 Å². The van der Waals surface area contributed by atoms with Crippen LogP contribution in [-0.4, -0.2) is 68.8 Å². The number of nitrogens with one attached hydrogen (secondary N) is 4.